The highest BCUT2D eigenvalue weighted by molar-refractivity contribution is 7.11. The first-order valence-electron chi connectivity index (χ1n) is 8.20. The highest BCUT2D eigenvalue weighted by atomic mass is 35.5. The molecule has 0 radical (unpaired) electrons. The molecule has 4 rings (SSSR count). The molecule has 0 saturated heterocycles. The maximum Gasteiger partial charge on any atom is 0.139 e. The van der Waals surface area contributed by atoms with Gasteiger partial charge in [0.05, 0.1) is 17.8 Å². The van der Waals surface area contributed by atoms with E-state index in [1.807, 2.05) is 23.6 Å². The van der Waals surface area contributed by atoms with Gasteiger partial charge in [0.2, 0.25) is 0 Å². The molecule has 27 heavy (non-hydrogen) atoms. The molecule has 0 bridgehead atoms. The molecule has 0 atom stereocenters. The van der Waals surface area contributed by atoms with Crippen LogP contribution in [0.4, 0.5) is 10.1 Å². The number of anilines is 1. The zero-order valence-corrected chi connectivity index (χ0v) is 15.9. The minimum atomic E-state index is -0.342. The van der Waals surface area contributed by atoms with Gasteiger partial charge in [-0.3, -0.25) is 5.41 Å². The van der Waals surface area contributed by atoms with E-state index in [-0.39, 0.29) is 24.0 Å². The standard InChI is InChI=1S/C20H15ClFN3OS/c1-11-5-6-14(8-15(11)22)25-9-17(26)18(19(25)23)20-24-16(10-27-20)12-3-2-4-13(21)7-12/h2-8,10,23,26H,9H2,1H3. The molecule has 7 heteroatoms. The summed E-state index contributed by atoms with van der Waals surface area (Å²) in [5.74, 6) is -0.193. The molecule has 2 aromatic carbocycles. The van der Waals surface area contributed by atoms with E-state index in [4.69, 9.17) is 17.0 Å². The monoisotopic (exact) mass is 399 g/mol. The Bertz CT molecular complexity index is 1090. The Morgan fingerprint density at radius 2 is 2.07 bits per heavy atom. The number of nitrogens with zero attached hydrogens (tertiary/aromatic N) is 2. The van der Waals surface area contributed by atoms with Crippen LogP contribution in [0, 0.1) is 18.2 Å². The Hall–Kier alpha value is -2.70. The van der Waals surface area contributed by atoms with Crippen molar-refractivity contribution in [3.63, 3.8) is 0 Å². The van der Waals surface area contributed by atoms with Crippen molar-refractivity contribution in [3.05, 3.63) is 75.0 Å². The fourth-order valence-corrected chi connectivity index (χ4v) is 4.03. The van der Waals surface area contributed by atoms with Gasteiger partial charge >= 0.3 is 0 Å². The lowest BCUT2D eigenvalue weighted by Crippen LogP contribution is -2.26. The maximum absolute atomic E-state index is 13.9. The van der Waals surface area contributed by atoms with Crippen molar-refractivity contribution >= 4 is 40.0 Å². The van der Waals surface area contributed by atoms with Crippen LogP contribution in [0.5, 0.6) is 0 Å². The van der Waals surface area contributed by atoms with Gasteiger partial charge in [-0.2, -0.15) is 0 Å². The third-order valence-corrected chi connectivity index (χ3v) is 5.50. The Morgan fingerprint density at radius 1 is 1.26 bits per heavy atom. The minimum Gasteiger partial charge on any atom is -0.510 e. The molecule has 4 nitrogen and oxygen atoms in total. The van der Waals surface area contributed by atoms with E-state index in [0.717, 1.165) is 11.3 Å². The van der Waals surface area contributed by atoms with E-state index in [9.17, 15) is 9.50 Å². The van der Waals surface area contributed by atoms with Gasteiger partial charge in [0.1, 0.15) is 22.4 Å². The summed E-state index contributed by atoms with van der Waals surface area (Å²) in [5, 5.41) is 21.9. The third-order valence-electron chi connectivity index (χ3n) is 4.41. The number of aliphatic hydroxyl groups excluding tert-OH is 1. The van der Waals surface area contributed by atoms with Crippen molar-refractivity contribution < 1.29 is 9.50 Å². The van der Waals surface area contributed by atoms with Crippen molar-refractivity contribution in [2.45, 2.75) is 6.92 Å². The van der Waals surface area contributed by atoms with Gasteiger partial charge in [0, 0.05) is 21.7 Å². The van der Waals surface area contributed by atoms with Crippen LogP contribution >= 0.6 is 22.9 Å². The SMILES string of the molecule is Cc1ccc(N2CC(O)=C(c3nc(-c4cccc(Cl)c4)cs3)C2=N)cc1F. The molecule has 136 valence electrons. The first-order valence-corrected chi connectivity index (χ1v) is 9.46. The van der Waals surface area contributed by atoms with Crippen molar-refractivity contribution in [2.24, 2.45) is 0 Å². The van der Waals surface area contributed by atoms with Crippen LogP contribution in [-0.2, 0) is 0 Å². The average molecular weight is 400 g/mol. The Balaban J connectivity index is 1.65. The zero-order chi connectivity index (χ0) is 19.1. The molecule has 0 fully saturated rings. The van der Waals surface area contributed by atoms with Crippen LogP contribution in [-0.4, -0.2) is 22.5 Å². The van der Waals surface area contributed by atoms with E-state index in [0.29, 0.717) is 26.9 Å². The summed E-state index contributed by atoms with van der Waals surface area (Å²) < 4.78 is 13.9. The number of nitrogens with one attached hydrogen (secondary N) is 1. The number of amidine groups is 1. The van der Waals surface area contributed by atoms with Gasteiger partial charge in [-0.1, -0.05) is 29.8 Å². The number of benzene rings is 2. The van der Waals surface area contributed by atoms with Crippen molar-refractivity contribution in [1.29, 1.82) is 5.41 Å². The summed E-state index contributed by atoms with van der Waals surface area (Å²) >= 11 is 7.38. The van der Waals surface area contributed by atoms with E-state index in [2.05, 4.69) is 4.98 Å². The van der Waals surface area contributed by atoms with E-state index >= 15 is 0 Å². The second-order valence-corrected chi connectivity index (χ2v) is 7.53. The Morgan fingerprint density at radius 3 is 2.81 bits per heavy atom. The summed E-state index contributed by atoms with van der Waals surface area (Å²) in [6.07, 6.45) is 0. The summed E-state index contributed by atoms with van der Waals surface area (Å²) in [4.78, 5) is 6.13. The summed E-state index contributed by atoms with van der Waals surface area (Å²) in [5.41, 5.74) is 3.02. The smallest absolute Gasteiger partial charge is 0.139 e. The molecule has 1 aliphatic rings. The number of aliphatic hydroxyl groups is 1. The van der Waals surface area contributed by atoms with Crippen molar-refractivity contribution in [1.82, 2.24) is 4.98 Å². The molecule has 3 aromatic rings. The summed E-state index contributed by atoms with van der Waals surface area (Å²) in [6.45, 7) is 1.80. The molecule has 0 saturated carbocycles. The number of hydrogen-bond donors (Lipinski definition) is 2. The maximum atomic E-state index is 13.9. The molecule has 0 unspecified atom stereocenters. The van der Waals surface area contributed by atoms with Crippen molar-refractivity contribution in [3.8, 4) is 11.3 Å². The molecule has 1 aliphatic heterocycles. The van der Waals surface area contributed by atoms with Gasteiger partial charge in [-0.05, 0) is 36.8 Å². The van der Waals surface area contributed by atoms with Crippen LogP contribution in [0.1, 0.15) is 10.6 Å². The lowest BCUT2D eigenvalue weighted by atomic mass is 10.2. The van der Waals surface area contributed by atoms with Gasteiger partial charge in [-0.25, -0.2) is 9.37 Å². The zero-order valence-electron chi connectivity index (χ0n) is 14.3. The first kappa shape index (κ1) is 17.7. The van der Waals surface area contributed by atoms with Gasteiger partial charge in [0.25, 0.3) is 0 Å². The lowest BCUT2D eigenvalue weighted by Gasteiger charge is -2.19. The van der Waals surface area contributed by atoms with E-state index in [1.165, 1.54) is 17.4 Å². The molecular weight excluding hydrogens is 385 g/mol. The number of thiazole rings is 1. The molecule has 2 heterocycles. The quantitative estimate of drug-likeness (QED) is 0.595. The van der Waals surface area contributed by atoms with E-state index in [1.54, 1.807) is 30.0 Å². The molecule has 0 aliphatic carbocycles. The Labute approximate surface area is 164 Å². The summed E-state index contributed by atoms with van der Waals surface area (Å²) in [7, 11) is 0. The number of aromatic nitrogens is 1. The predicted molar refractivity (Wildman–Crippen MR) is 108 cm³/mol. The topological polar surface area (TPSA) is 60.2 Å². The van der Waals surface area contributed by atoms with Crippen molar-refractivity contribution in [2.75, 3.05) is 11.4 Å². The lowest BCUT2D eigenvalue weighted by molar-refractivity contribution is 0.411. The van der Waals surface area contributed by atoms with Crippen LogP contribution in [0.25, 0.3) is 16.8 Å². The first-order chi connectivity index (χ1) is 12.9. The fourth-order valence-electron chi connectivity index (χ4n) is 2.94. The second-order valence-electron chi connectivity index (χ2n) is 6.24. The normalized spacial score (nSPS) is 14.3. The molecule has 0 spiro atoms. The fraction of sp³-hybridized carbons (Fsp3) is 0.100. The second kappa shape index (κ2) is 6.79. The minimum absolute atomic E-state index is 0.0491. The number of hydrogen-bond acceptors (Lipinski definition) is 4. The average Bonchev–Trinajstić information content (AvgIpc) is 3.22. The van der Waals surface area contributed by atoms with Crippen LogP contribution in [0.3, 0.4) is 0 Å². The van der Waals surface area contributed by atoms with Gasteiger partial charge < -0.3 is 10.0 Å². The number of rotatable bonds is 3. The Kier molecular flexibility index (Phi) is 4.45. The summed E-state index contributed by atoms with van der Waals surface area (Å²) in [6, 6.07) is 12.1. The highest BCUT2D eigenvalue weighted by Crippen LogP contribution is 2.35. The third kappa shape index (κ3) is 3.22. The van der Waals surface area contributed by atoms with Gasteiger partial charge in [0.15, 0.2) is 0 Å². The van der Waals surface area contributed by atoms with Crippen LogP contribution in [0.15, 0.2) is 53.6 Å². The molecule has 2 N–H and O–H groups in total. The van der Waals surface area contributed by atoms with Crippen LogP contribution in [0.2, 0.25) is 5.02 Å². The number of aryl methyl sites for hydroxylation is 1. The van der Waals surface area contributed by atoms with E-state index < -0.39 is 0 Å². The predicted octanol–water partition coefficient (Wildman–Crippen LogP) is 5.68. The largest absolute Gasteiger partial charge is 0.510 e. The number of halogens is 2. The molecular formula is C20H15ClFN3OS. The van der Waals surface area contributed by atoms with Crippen LogP contribution < -0.4 is 4.90 Å². The van der Waals surface area contributed by atoms with Gasteiger partial charge in [-0.15, -0.1) is 11.3 Å². The highest BCUT2D eigenvalue weighted by Gasteiger charge is 2.31. The molecule has 0 amide bonds. The molecule has 1 aromatic heterocycles.